The van der Waals surface area contributed by atoms with Gasteiger partial charge in [-0.05, 0) is 25.8 Å². The van der Waals surface area contributed by atoms with Crippen LogP contribution in [0.5, 0.6) is 0 Å². The van der Waals surface area contributed by atoms with Gasteiger partial charge in [0.1, 0.15) is 0 Å². The number of hydrogen-bond acceptors (Lipinski definition) is 4. The van der Waals surface area contributed by atoms with Gasteiger partial charge in [-0.3, -0.25) is 0 Å². The van der Waals surface area contributed by atoms with Crippen LogP contribution in [0.25, 0.3) is 0 Å². The summed E-state index contributed by atoms with van der Waals surface area (Å²) in [6, 6.07) is 0.0978. The third kappa shape index (κ3) is 5.09. The second-order valence-corrected chi connectivity index (χ2v) is 6.19. The lowest BCUT2D eigenvalue weighted by Gasteiger charge is -2.34. The average Bonchev–Trinajstić information content (AvgIpc) is 2.27. The molecule has 5 nitrogen and oxygen atoms in total. The Balaban J connectivity index is 0.00000256. The normalized spacial score (nSPS) is 22.1. The summed E-state index contributed by atoms with van der Waals surface area (Å²) in [6.07, 6.45) is 3.74. The van der Waals surface area contributed by atoms with Crippen molar-refractivity contribution in [2.75, 3.05) is 32.6 Å². The van der Waals surface area contributed by atoms with Gasteiger partial charge in [-0.15, -0.1) is 12.4 Å². The predicted molar refractivity (Wildman–Crippen MR) is 70.9 cm³/mol. The Morgan fingerprint density at radius 2 is 2.12 bits per heavy atom. The van der Waals surface area contributed by atoms with Crippen molar-refractivity contribution in [1.29, 1.82) is 0 Å². The maximum absolute atomic E-state index is 12.0. The molecule has 7 heteroatoms. The maximum atomic E-state index is 12.0. The van der Waals surface area contributed by atoms with Crippen LogP contribution in [-0.4, -0.2) is 51.3 Å². The van der Waals surface area contributed by atoms with Crippen molar-refractivity contribution >= 4 is 22.4 Å². The first-order chi connectivity index (χ1) is 7.61. The summed E-state index contributed by atoms with van der Waals surface area (Å²) >= 11 is 0. The maximum Gasteiger partial charge on any atom is 0.216 e. The van der Waals surface area contributed by atoms with Crippen LogP contribution in [0.4, 0.5) is 0 Å². The molecule has 1 unspecified atom stereocenters. The Kier molecular flexibility index (Phi) is 8.32. The molecular weight excluding hydrogens is 264 g/mol. The highest BCUT2D eigenvalue weighted by Gasteiger charge is 2.31. The van der Waals surface area contributed by atoms with Gasteiger partial charge in [0.25, 0.3) is 0 Å². The first-order valence-electron chi connectivity index (χ1n) is 5.80. The Labute approximate surface area is 110 Å². The fourth-order valence-electron chi connectivity index (χ4n) is 2.13. The van der Waals surface area contributed by atoms with Gasteiger partial charge in [0, 0.05) is 19.7 Å². The largest absolute Gasteiger partial charge is 0.384 e. The van der Waals surface area contributed by atoms with Crippen molar-refractivity contribution in [3.63, 3.8) is 0 Å². The molecule has 0 spiro atoms. The smallest absolute Gasteiger partial charge is 0.216 e. The molecule has 104 valence electrons. The summed E-state index contributed by atoms with van der Waals surface area (Å²) < 4.78 is 30.5. The number of ether oxygens (including phenoxy) is 1. The molecule has 1 aliphatic heterocycles. The van der Waals surface area contributed by atoms with Crippen LogP contribution >= 0.6 is 12.4 Å². The van der Waals surface area contributed by atoms with Gasteiger partial charge in [0.15, 0.2) is 0 Å². The summed E-state index contributed by atoms with van der Waals surface area (Å²) in [5, 5.41) is 0. The first kappa shape index (κ1) is 17.1. The zero-order chi connectivity index (χ0) is 12.0. The average molecular weight is 287 g/mol. The van der Waals surface area contributed by atoms with E-state index < -0.39 is 10.0 Å². The minimum Gasteiger partial charge on any atom is -0.384 e. The first-order valence-corrected chi connectivity index (χ1v) is 7.41. The van der Waals surface area contributed by atoms with E-state index >= 15 is 0 Å². The molecule has 1 aliphatic rings. The van der Waals surface area contributed by atoms with E-state index in [0.29, 0.717) is 13.1 Å². The molecule has 0 aromatic rings. The lowest BCUT2D eigenvalue weighted by molar-refractivity contribution is 0.209. The predicted octanol–water partition coefficient (Wildman–Crippen LogP) is 0.588. The fraction of sp³-hybridized carbons (Fsp3) is 1.00. The van der Waals surface area contributed by atoms with E-state index in [9.17, 15) is 8.42 Å². The van der Waals surface area contributed by atoms with Crippen LogP contribution in [-0.2, 0) is 14.8 Å². The van der Waals surface area contributed by atoms with Gasteiger partial charge in [0.2, 0.25) is 10.0 Å². The van der Waals surface area contributed by atoms with Gasteiger partial charge in [0.05, 0.1) is 12.4 Å². The molecule has 0 radical (unpaired) electrons. The molecule has 2 N–H and O–H groups in total. The van der Waals surface area contributed by atoms with Crippen LogP contribution in [0.3, 0.4) is 0 Å². The Morgan fingerprint density at radius 1 is 1.41 bits per heavy atom. The zero-order valence-corrected chi connectivity index (χ0v) is 11.9. The van der Waals surface area contributed by atoms with Crippen molar-refractivity contribution < 1.29 is 13.2 Å². The zero-order valence-electron chi connectivity index (χ0n) is 10.3. The Hall–Kier alpha value is 0.120. The lowest BCUT2D eigenvalue weighted by atomic mass is 10.0. The molecule has 0 saturated carbocycles. The SMILES string of the molecule is COCCS(=O)(=O)N1CCCCC1CCN.Cl. The monoisotopic (exact) mass is 286 g/mol. The topological polar surface area (TPSA) is 72.6 Å². The highest BCUT2D eigenvalue weighted by Crippen LogP contribution is 2.22. The summed E-state index contributed by atoms with van der Waals surface area (Å²) in [6.45, 7) is 1.44. The molecule has 17 heavy (non-hydrogen) atoms. The third-order valence-corrected chi connectivity index (χ3v) is 4.85. The number of methoxy groups -OCH3 is 1. The molecule has 0 aliphatic carbocycles. The molecule has 1 heterocycles. The minimum atomic E-state index is -3.16. The number of rotatable bonds is 6. The molecular formula is C10H23ClN2O3S. The molecule has 0 aromatic heterocycles. The number of nitrogens with zero attached hydrogens (tertiary/aromatic N) is 1. The van der Waals surface area contributed by atoms with Gasteiger partial charge < -0.3 is 10.5 Å². The summed E-state index contributed by atoms with van der Waals surface area (Å²) in [7, 11) is -1.65. The van der Waals surface area contributed by atoms with Crippen LogP contribution in [0.2, 0.25) is 0 Å². The van der Waals surface area contributed by atoms with Crippen molar-refractivity contribution in [1.82, 2.24) is 4.31 Å². The van der Waals surface area contributed by atoms with E-state index in [1.54, 1.807) is 4.31 Å². The van der Waals surface area contributed by atoms with E-state index in [0.717, 1.165) is 25.7 Å². The van der Waals surface area contributed by atoms with Crippen molar-refractivity contribution in [2.45, 2.75) is 31.7 Å². The number of nitrogens with two attached hydrogens (primary N) is 1. The summed E-state index contributed by atoms with van der Waals surface area (Å²) in [4.78, 5) is 0. The van der Waals surface area contributed by atoms with E-state index in [2.05, 4.69) is 0 Å². The van der Waals surface area contributed by atoms with Gasteiger partial charge >= 0.3 is 0 Å². The second-order valence-electron chi connectivity index (χ2n) is 4.15. The summed E-state index contributed by atoms with van der Waals surface area (Å²) in [5.41, 5.74) is 5.52. The van der Waals surface area contributed by atoms with E-state index in [4.69, 9.17) is 10.5 Å². The van der Waals surface area contributed by atoms with Gasteiger partial charge in [-0.1, -0.05) is 6.42 Å². The molecule has 1 saturated heterocycles. The van der Waals surface area contributed by atoms with E-state index in [1.165, 1.54) is 7.11 Å². The fourth-order valence-corrected chi connectivity index (χ4v) is 3.81. The Bertz CT molecular complexity index is 296. The van der Waals surface area contributed by atoms with Gasteiger partial charge in [-0.25, -0.2) is 8.42 Å². The molecule has 0 aromatic carbocycles. The van der Waals surface area contributed by atoms with Crippen molar-refractivity contribution in [3.05, 3.63) is 0 Å². The van der Waals surface area contributed by atoms with Crippen LogP contribution in [0, 0.1) is 0 Å². The van der Waals surface area contributed by atoms with E-state index in [1.807, 2.05) is 0 Å². The van der Waals surface area contributed by atoms with Crippen LogP contribution in [0.1, 0.15) is 25.7 Å². The number of piperidine rings is 1. The van der Waals surface area contributed by atoms with Crippen molar-refractivity contribution in [2.24, 2.45) is 5.73 Å². The molecule has 0 amide bonds. The molecule has 1 atom stereocenters. The van der Waals surface area contributed by atoms with Crippen LogP contribution < -0.4 is 5.73 Å². The lowest BCUT2D eigenvalue weighted by Crippen LogP contribution is -2.46. The highest BCUT2D eigenvalue weighted by atomic mass is 35.5. The highest BCUT2D eigenvalue weighted by molar-refractivity contribution is 7.89. The van der Waals surface area contributed by atoms with Crippen LogP contribution in [0.15, 0.2) is 0 Å². The van der Waals surface area contributed by atoms with E-state index in [-0.39, 0.29) is 30.8 Å². The molecule has 1 fully saturated rings. The minimum absolute atomic E-state index is 0. The second kappa shape index (κ2) is 8.26. The van der Waals surface area contributed by atoms with Gasteiger partial charge in [-0.2, -0.15) is 4.31 Å². The third-order valence-electron chi connectivity index (χ3n) is 2.98. The number of sulfonamides is 1. The molecule has 0 bridgehead atoms. The molecule has 1 rings (SSSR count). The van der Waals surface area contributed by atoms with Crippen molar-refractivity contribution in [3.8, 4) is 0 Å². The summed E-state index contributed by atoms with van der Waals surface area (Å²) in [5.74, 6) is 0.0740. The quantitative estimate of drug-likeness (QED) is 0.776. The Morgan fingerprint density at radius 3 is 2.71 bits per heavy atom. The standard InChI is InChI=1S/C10H22N2O3S.ClH/c1-15-8-9-16(13,14)12-7-3-2-4-10(12)5-6-11;/h10H,2-9,11H2,1H3;1H. The number of halogens is 1. The number of hydrogen-bond donors (Lipinski definition) is 1.